The second kappa shape index (κ2) is 7.99. The standard InChI is InChI=1S/C18H27NO4/c1-7-18(5,15-11-9-8-10-12-15)19(6)17(21)23-14(4)22-16(20)13(2)3/h8-14H,7H2,1-6H3. The molecule has 2 atom stereocenters. The minimum absolute atomic E-state index is 0.265. The molecule has 1 aromatic carbocycles. The monoisotopic (exact) mass is 321 g/mol. The molecule has 1 amide bonds. The van der Waals surface area contributed by atoms with Gasteiger partial charge in [-0.15, -0.1) is 0 Å². The number of rotatable bonds is 6. The van der Waals surface area contributed by atoms with E-state index in [1.165, 1.54) is 6.92 Å². The van der Waals surface area contributed by atoms with Crippen LogP contribution in [0.4, 0.5) is 4.79 Å². The van der Waals surface area contributed by atoms with Crippen molar-refractivity contribution in [3.63, 3.8) is 0 Å². The lowest BCUT2D eigenvalue weighted by atomic mass is 9.88. The van der Waals surface area contributed by atoms with Gasteiger partial charge in [0.2, 0.25) is 6.29 Å². The summed E-state index contributed by atoms with van der Waals surface area (Å²) in [5, 5.41) is 0. The zero-order valence-electron chi connectivity index (χ0n) is 14.8. The van der Waals surface area contributed by atoms with E-state index in [0.717, 1.165) is 12.0 Å². The SMILES string of the molecule is CCC(C)(c1ccccc1)N(C)C(=O)OC(C)OC(=O)C(C)C. The number of hydrogen-bond donors (Lipinski definition) is 0. The number of carbonyl (C=O) groups is 2. The van der Waals surface area contributed by atoms with Gasteiger partial charge in [0.25, 0.3) is 0 Å². The summed E-state index contributed by atoms with van der Waals surface area (Å²) in [7, 11) is 1.69. The highest BCUT2D eigenvalue weighted by molar-refractivity contribution is 5.72. The van der Waals surface area contributed by atoms with Crippen molar-refractivity contribution in [1.82, 2.24) is 4.90 Å². The molecule has 128 valence electrons. The predicted molar refractivity (Wildman–Crippen MR) is 88.7 cm³/mol. The topological polar surface area (TPSA) is 55.8 Å². The van der Waals surface area contributed by atoms with Gasteiger partial charge in [-0.3, -0.25) is 4.79 Å². The van der Waals surface area contributed by atoms with Gasteiger partial charge < -0.3 is 14.4 Å². The number of esters is 1. The summed E-state index contributed by atoms with van der Waals surface area (Å²) in [5.41, 5.74) is 0.522. The Hall–Kier alpha value is -2.04. The molecular formula is C18H27NO4. The van der Waals surface area contributed by atoms with Crippen molar-refractivity contribution in [1.29, 1.82) is 0 Å². The van der Waals surface area contributed by atoms with Crippen LogP contribution in [0.2, 0.25) is 0 Å². The zero-order valence-corrected chi connectivity index (χ0v) is 14.8. The number of nitrogens with zero attached hydrogens (tertiary/aromatic N) is 1. The summed E-state index contributed by atoms with van der Waals surface area (Å²) >= 11 is 0. The molecule has 0 saturated heterocycles. The van der Waals surface area contributed by atoms with Crippen molar-refractivity contribution >= 4 is 12.1 Å². The minimum atomic E-state index is -0.920. The molecule has 0 aliphatic carbocycles. The number of benzene rings is 1. The molecular weight excluding hydrogens is 294 g/mol. The van der Waals surface area contributed by atoms with E-state index >= 15 is 0 Å². The van der Waals surface area contributed by atoms with Gasteiger partial charge in [-0.2, -0.15) is 0 Å². The first kappa shape index (κ1) is 19.0. The van der Waals surface area contributed by atoms with Crippen molar-refractivity contribution in [2.45, 2.75) is 52.9 Å². The molecule has 2 unspecified atom stereocenters. The molecule has 0 bridgehead atoms. The molecule has 0 spiro atoms. The van der Waals surface area contributed by atoms with E-state index in [4.69, 9.17) is 9.47 Å². The van der Waals surface area contributed by atoms with Crippen LogP contribution < -0.4 is 0 Å². The third-order valence-corrected chi connectivity index (χ3v) is 4.12. The lowest BCUT2D eigenvalue weighted by Crippen LogP contribution is -2.46. The van der Waals surface area contributed by atoms with Crippen LogP contribution in [-0.4, -0.2) is 30.3 Å². The van der Waals surface area contributed by atoms with Crippen molar-refractivity contribution in [2.75, 3.05) is 7.05 Å². The number of hydrogen-bond acceptors (Lipinski definition) is 4. The lowest BCUT2D eigenvalue weighted by Gasteiger charge is -2.38. The lowest BCUT2D eigenvalue weighted by molar-refractivity contribution is -0.170. The summed E-state index contributed by atoms with van der Waals surface area (Å²) in [4.78, 5) is 25.5. The Bertz CT molecular complexity index is 529. The van der Waals surface area contributed by atoms with Gasteiger partial charge in [0.15, 0.2) is 0 Å². The van der Waals surface area contributed by atoms with Crippen molar-refractivity contribution in [3.8, 4) is 0 Å². The highest BCUT2D eigenvalue weighted by atomic mass is 16.7. The van der Waals surface area contributed by atoms with E-state index in [2.05, 4.69) is 0 Å². The van der Waals surface area contributed by atoms with Crippen LogP contribution in [0.5, 0.6) is 0 Å². The summed E-state index contributed by atoms with van der Waals surface area (Å²) in [6.07, 6.45) is -0.720. The Balaban J connectivity index is 2.80. The Morgan fingerprint density at radius 1 is 1.13 bits per heavy atom. The average Bonchev–Trinajstić information content (AvgIpc) is 2.53. The Morgan fingerprint density at radius 2 is 1.70 bits per heavy atom. The summed E-state index contributed by atoms with van der Waals surface area (Å²) in [5.74, 6) is -0.659. The third kappa shape index (κ3) is 4.71. The maximum atomic E-state index is 12.4. The maximum Gasteiger partial charge on any atom is 0.413 e. The molecule has 5 heteroatoms. The fraction of sp³-hybridized carbons (Fsp3) is 0.556. The smallest absolute Gasteiger partial charge is 0.413 e. The first-order valence-electron chi connectivity index (χ1n) is 7.92. The molecule has 0 saturated carbocycles. The first-order chi connectivity index (χ1) is 10.7. The number of amides is 1. The zero-order chi connectivity index (χ0) is 17.6. The van der Waals surface area contributed by atoms with Crippen LogP contribution in [0, 0.1) is 5.92 Å². The molecule has 0 aliphatic rings. The van der Waals surface area contributed by atoms with Gasteiger partial charge in [0, 0.05) is 14.0 Å². The van der Waals surface area contributed by atoms with Crippen LogP contribution in [-0.2, 0) is 19.8 Å². The van der Waals surface area contributed by atoms with Crippen LogP contribution in [0.25, 0.3) is 0 Å². The van der Waals surface area contributed by atoms with Gasteiger partial charge in [-0.1, -0.05) is 51.1 Å². The number of carbonyl (C=O) groups excluding carboxylic acids is 2. The highest BCUT2D eigenvalue weighted by Gasteiger charge is 2.34. The minimum Gasteiger partial charge on any atom is -0.425 e. The van der Waals surface area contributed by atoms with Crippen LogP contribution in [0.15, 0.2) is 30.3 Å². The molecule has 1 aromatic rings. The van der Waals surface area contributed by atoms with E-state index in [-0.39, 0.29) is 5.92 Å². The van der Waals surface area contributed by atoms with E-state index in [1.807, 2.05) is 44.2 Å². The summed E-state index contributed by atoms with van der Waals surface area (Å²) < 4.78 is 10.3. The fourth-order valence-electron chi connectivity index (χ4n) is 2.18. The largest absolute Gasteiger partial charge is 0.425 e. The average molecular weight is 321 g/mol. The Labute approximate surface area is 138 Å². The molecule has 1 rings (SSSR count). The highest BCUT2D eigenvalue weighted by Crippen LogP contribution is 2.31. The third-order valence-electron chi connectivity index (χ3n) is 4.12. The normalized spacial score (nSPS) is 14.7. The molecule has 23 heavy (non-hydrogen) atoms. The molecule has 0 N–H and O–H groups in total. The fourth-order valence-corrected chi connectivity index (χ4v) is 2.18. The van der Waals surface area contributed by atoms with Gasteiger partial charge >= 0.3 is 12.1 Å². The molecule has 0 aromatic heterocycles. The molecule has 0 heterocycles. The molecule has 0 fully saturated rings. The molecule has 0 radical (unpaired) electrons. The summed E-state index contributed by atoms with van der Waals surface area (Å²) in [6.45, 7) is 8.99. The second-order valence-corrected chi connectivity index (χ2v) is 6.10. The van der Waals surface area contributed by atoms with Crippen LogP contribution in [0.1, 0.15) is 46.6 Å². The van der Waals surface area contributed by atoms with Gasteiger partial charge in [-0.25, -0.2) is 4.79 Å². The van der Waals surface area contributed by atoms with E-state index in [1.54, 1.807) is 25.8 Å². The maximum absolute atomic E-state index is 12.4. The Morgan fingerprint density at radius 3 is 2.17 bits per heavy atom. The van der Waals surface area contributed by atoms with Crippen molar-refractivity contribution in [2.24, 2.45) is 5.92 Å². The van der Waals surface area contributed by atoms with E-state index in [9.17, 15) is 9.59 Å². The summed E-state index contributed by atoms with van der Waals surface area (Å²) in [6, 6.07) is 9.78. The van der Waals surface area contributed by atoms with Crippen LogP contribution in [0.3, 0.4) is 0 Å². The van der Waals surface area contributed by atoms with E-state index in [0.29, 0.717) is 0 Å². The van der Waals surface area contributed by atoms with Crippen molar-refractivity contribution in [3.05, 3.63) is 35.9 Å². The second-order valence-electron chi connectivity index (χ2n) is 6.10. The first-order valence-corrected chi connectivity index (χ1v) is 7.92. The van der Waals surface area contributed by atoms with Crippen LogP contribution >= 0.6 is 0 Å². The van der Waals surface area contributed by atoms with Crippen molar-refractivity contribution < 1.29 is 19.1 Å². The quantitative estimate of drug-likeness (QED) is 0.588. The van der Waals surface area contributed by atoms with Gasteiger partial charge in [0.1, 0.15) is 0 Å². The number of ether oxygens (including phenoxy) is 2. The molecule has 0 aliphatic heterocycles. The predicted octanol–water partition coefficient (Wildman–Crippen LogP) is 3.93. The van der Waals surface area contributed by atoms with Gasteiger partial charge in [0.05, 0.1) is 11.5 Å². The molecule has 5 nitrogen and oxygen atoms in total. The van der Waals surface area contributed by atoms with Gasteiger partial charge in [-0.05, 0) is 18.9 Å². The Kier molecular flexibility index (Phi) is 6.61. The van der Waals surface area contributed by atoms with E-state index < -0.39 is 23.9 Å².